The molecule has 0 unspecified atom stereocenters. The van der Waals surface area contributed by atoms with Gasteiger partial charge in [-0.15, -0.1) is 0 Å². The Labute approximate surface area is 135 Å². The Morgan fingerprint density at radius 2 is 1.96 bits per heavy atom. The number of hydrogen-bond acceptors (Lipinski definition) is 3. The Bertz CT molecular complexity index is 879. The SMILES string of the molecule is Cc1ccn(CC(=O)Nc2ccccc2C(F)(F)F)c(=O)c1C#N. The number of halogens is 3. The Balaban J connectivity index is 2.25. The fraction of sp³-hybridized carbons (Fsp3) is 0.188. The van der Waals surface area contributed by atoms with E-state index >= 15 is 0 Å². The van der Waals surface area contributed by atoms with Crippen LogP contribution in [0.2, 0.25) is 0 Å². The van der Waals surface area contributed by atoms with Gasteiger partial charge < -0.3 is 9.88 Å². The van der Waals surface area contributed by atoms with Gasteiger partial charge in [-0.2, -0.15) is 18.4 Å². The first-order chi connectivity index (χ1) is 11.2. The summed E-state index contributed by atoms with van der Waals surface area (Å²) in [6.45, 7) is 1.07. The molecule has 1 N–H and O–H groups in total. The molecule has 1 aromatic heterocycles. The van der Waals surface area contributed by atoms with E-state index in [4.69, 9.17) is 5.26 Å². The van der Waals surface area contributed by atoms with Crippen molar-refractivity contribution in [2.45, 2.75) is 19.6 Å². The molecule has 0 radical (unpaired) electrons. The summed E-state index contributed by atoms with van der Waals surface area (Å²) in [7, 11) is 0. The van der Waals surface area contributed by atoms with Crippen LogP contribution >= 0.6 is 0 Å². The van der Waals surface area contributed by atoms with Gasteiger partial charge in [0.15, 0.2) is 0 Å². The number of carbonyl (C=O) groups is 1. The fourth-order valence-electron chi connectivity index (χ4n) is 2.11. The molecule has 0 aliphatic rings. The first-order valence-electron chi connectivity index (χ1n) is 6.80. The van der Waals surface area contributed by atoms with Crippen LogP contribution < -0.4 is 10.9 Å². The zero-order valence-electron chi connectivity index (χ0n) is 12.5. The minimum Gasteiger partial charge on any atom is -0.324 e. The minimum absolute atomic E-state index is 0.110. The van der Waals surface area contributed by atoms with E-state index in [1.165, 1.54) is 24.4 Å². The van der Waals surface area contributed by atoms with Crippen LogP contribution in [0.4, 0.5) is 18.9 Å². The van der Waals surface area contributed by atoms with Gasteiger partial charge >= 0.3 is 6.18 Å². The highest BCUT2D eigenvalue weighted by Gasteiger charge is 2.33. The third kappa shape index (κ3) is 3.63. The standard InChI is InChI=1S/C16H12F3N3O2/c1-10-6-7-22(15(24)11(10)8-20)9-14(23)21-13-5-3-2-4-12(13)16(17,18)19/h2-7H,9H2,1H3,(H,21,23). The summed E-state index contributed by atoms with van der Waals surface area (Å²) in [6, 6.07) is 7.77. The average Bonchev–Trinajstić information content (AvgIpc) is 2.50. The number of nitriles is 1. The number of rotatable bonds is 3. The molecule has 2 aromatic rings. The molecular weight excluding hydrogens is 323 g/mol. The Morgan fingerprint density at radius 3 is 2.58 bits per heavy atom. The van der Waals surface area contributed by atoms with Gasteiger partial charge in [-0.1, -0.05) is 12.1 Å². The van der Waals surface area contributed by atoms with Crippen molar-refractivity contribution in [2.24, 2.45) is 0 Å². The summed E-state index contributed by atoms with van der Waals surface area (Å²) in [4.78, 5) is 24.0. The van der Waals surface area contributed by atoms with Crippen molar-refractivity contribution in [3.8, 4) is 6.07 Å². The van der Waals surface area contributed by atoms with Gasteiger partial charge in [-0.05, 0) is 30.7 Å². The van der Waals surface area contributed by atoms with Crippen molar-refractivity contribution in [2.75, 3.05) is 5.32 Å². The summed E-state index contributed by atoms with van der Waals surface area (Å²) < 4.78 is 39.6. The van der Waals surface area contributed by atoms with Crippen molar-refractivity contribution in [3.05, 3.63) is 63.6 Å². The maximum absolute atomic E-state index is 12.9. The number of amides is 1. The highest BCUT2D eigenvalue weighted by molar-refractivity contribution is 5.91. The van der Waals surface area contributed by atoms with E-state index in [-0.39, 0.29) is 5.56 Å². The van der Waals surface area contributed by atoms with Crippen LogP contribution in [0.1, 0.15) is 16.7 Å². The first kappa shape index (κ1) is 17.3. The lowest BCUT2D eigenvalue weighted by molar-refractivity contribution is -0.137. The summed E-state index contributed by atoms with van der Waals surface area (Å²) in [5.74, 6) is -0.804. The van der Waals surface area contributed by atoms with E-state index in [9.17, 15) is 22.8 Å². The molecule has 8 heteroatoms. The summed E-state index contributed by atoms with van der Waals surface area (Å²) in [6.07, 6.45) is -3.30. The lowest BCUT2D eigenvalue weighted by atomic mass is 10.1. The van der Waals surface area contributed by atoms with Gasteiger partial charge in [0.25, 0.3) is 5.56 Å². The van der Waals surface area contributed by atoms with E-state index in [2.05, 4.69) is 5.32 Å². The second-order valence-electron chi connectivity index (χ2n) is 5.01. The van der Waals surface area contributed by atoms with Crippen LogP contribution in [0.25, 0.3) is 0 Å². The minimum atomic E-state index is -4.61. The number of aryl methyl sites for hydroxylation is 1. The highest BCUT2D eigenvalue weighted by Crippen LogP contribution is 2.34. The third-order valence-electron chi connectivity index (χ3n) is 3.31. The van der Waals surface area contributed by atoms with Crippen molar-refractivity contribution in [3.63, 3.8) is 0 Å². The number of nitrogens with zero attached hydrogens (tertiary/aromatic N) is 2. The van der Waals surface area contributed by atoms with Gasteiger partial charge in [0.1, 0.15) is 18.2 Å². The average molecular weight is 335 g/mol. The van der Waals surface area contributed by atoms with E-state index in [0.717, 1.165) is 16.7 Å². The number of benzene rings is 1. The molecule has 1 heterocycles. The molecule has 0 aliphatic heterocycles. The van der Waals surface area contributed by atoms with Gasteiger partial charge in [0.2, 0.25) is 5.91 Å². The first-order valence-corrected chi connectivity index (χ1v) is 6.80. The van der Waals surface area contributed by atoms with Gasteiger partial charge in [-0.3, -0.25) is 9.59 Å². The predicted octanol–water partition coefficient (Wildman–Crippen LogP) is 2.69. The predicted molar refractivity (Wildman–Crippen MR) is 80.2 cm³/mol. The topological polar surface area (TPSA) is 74.9 Å². The van der Waals surface area contributed by atoms with E-state index in [0.29, 0.717) is 5.56 Å². The van der Waals surface area contributed by atoms with Crippen molar-refractivity contribution in [1.82, 2.24) is 4.57 Å². The smallest absolute Gasteiger partial charge is 0.324 e. The summed E-state index contributed by atoms with van der Waals surface area (Å²) >= 11 is 0. The van der Waals surface area contributed by atoms with Gasteiger partial charge in [0.05, 0.1) is 11.3 Å². The van der Waals surface area contributed by atoms with E-state index < -0.39 is 35.4 Å². The number of alkyl halides is 3. The highest BCUT2D eigenvalue weighted by atomic mass is 19.4. The van der Waals surface area contributed by atoms with Crippen LogP contribution in [0, 0.1) is 18.3 Å². The molecule has 24 heavy (non-hydrogen) atoms. The molecule has 0 bridgehead atoms. The van der Waals surface area contributed by atoms with Crippen LogP contribution in [0.5, 0.6) is 0 Å². The summed E-state index contributed by atoms with van der Waals surface area (Å²) in [5.41, 5.74) is -1.69. The maximum atomic E-state index is 12.9. The Hall–Kier alpha value is -3.08. The van der Waals surface area contributed by atoms with Crippen LogP contribution in [-0.2, 0) is 17.5 Å². The molecule has 0 saturated carbocycles. The van der Waals surface area contributed by atoms with Crippen molar-refractivity contribution < 1.29 is 18.0 Å². The Morgan fingerprint density at radius 1 is 1.29 bits per heavy atom. The molecule has 0 saturated heterocycles. The molecule has 0 atom stereocenters. The largest absolute Gasteiger partial charge is 0.418 e. The number of anilines is 1. The quantitative estimate of drug-likeness (QED) is 0.937. The van der Waals surface area contributed by atoms with Crippen LogP contribution in [0.3, 0.4) is 0 Å². The molecular formula is C16H12F3N3O2. The van der Waals surface area contributed by atoms with Crippen LogP contribution in [0.15, 0.2) is 41.3 Å². The molecule has 5 nitrogen and oxygen atoms in total. The number of para-hydroxylation sites is 1. The second kappa shape index (κ2) is 6.58. The van der Waals surface area contributed by atoms with Crippen molar-refractivity contribution >= 4 is 11.6 Å². The molecule has 1 aromatic carbocycles. The lowest BCUT2D eigenvalue weighted by Gasteiger charge is -2.14. The van der Waals surface area contributed by atoms with Gasteiger partial charge in [-0.25, -0.2) is 0 Å². The van der Waals surface area contributed by atoms with Crippen LogP contribution in [-0.4, -0.2) is 10.5 Å². The fourth-order valence-corrected chi connectivity index (χ4v) is 2.11. The number of aromatic nitrogens is 1. The maximum Gasteiger partial charge on any atom is 0.418 e. The number of nitrogens with one attached hydrogen (secondary N) is 1. The lowest BCUT2D eigenvalue weighted by Crippen LogP contribution is -2.29. The molecule has 0 aliphatic carbocycles. The second-order valence-corrected chi connectivity index (χ2v) is 5.01. The van der Waals surface area contributed by atoms with Crippen molar-refractivity contribution in [1.29, 1.82) is 5.26 Å². The van der Waals surface area contributed by atoms with Gasteiger partial charge in [0, 0.05) is 6.20 Å². The number of carbonyl (C=O) groups excluding carboxylic acids is 1. The molecule has 1 amide bonds. The molecule has 0 spiro atoms. The third-order valence-corrected chi connectivity index (χ3v) is 3.31. The molecule has 124 valence electrons. The van der Waals surface area contributed by atoms with E-state index in [1.54, 1.807) is 13.0 Å². The molecule has 0 fully saturated rings. The Kier molecular flexibility index (Phi) is 4.74. The number of pyridine rings is 1. The molecule has 2 rings (SSSR count). The zero-order chi connectivity index (χ0) is 17.9. The normalized spacial score (nSPS) is 11.0. The summed E-state index contributed by atoms with van der Waals surface area (Å²) in [5, 5.41) is 11.1. The van der Waals surface area contributed by atoms with E-state index in [1.807, 2.05) is 0 Å². The zero-order valence-corrected chi connectivity index (χ0v) is 12.5. The number of hydrogen-bond donors (Lipinski definition) is 1. The monoisotopic (exact) mass is 335 g/mol.